The smallest absolute Gasteiger partial charge is 0.309 e. The van der Waals surface area contributed by atoms with Gasteiger partial charge in [0.1, 0.15) is 0 Å². The summed E-state index contributed by atoms with van der Waals surface area (Å²) in [5, 5.41) is 2.86. The third-order valence-electron chi connectivity index (χ3n) is 2.05. The lowest BCUT2D eigenvalue weighted by Gasteiger charge is -2.13. The number of halogens is 3. The molecule has 0 aromatic carbocycles. The van der Waals surface area contributed by atoms with Crippen LogP contribution in [-0.2, 0) is 0 Å². The highest BCUT2D eigenvalue weighted by Gasteiger charge is 2.26. The fraction of sp³-hybridized carbons (Fsp3) is 0.600. The van der Waals surface area contributed by atoms with Gasteiger partial charge in [-0.1, -0.05) is 0 Å². The van der Waals surface area contributed by atoms with Crippen LogP contribution in [0.1, 0.15) is 29.1 Å². The Balaban J connectivity index is 2.34. The Morgan fingerprint density at radius 1 is 1.40 bits per heavy atom. The highest BCUT2D eigenvalue weighted by molar-refractivity contribution is 7.12. The van der Waals surface area contributed by atoms with Crippen LogP contribution in [0.25, 0.3) is 0 Å². The first-order valence-electron chi connectivity index (χ1n) is 4.75. The quantitative estimate of drug-likeness (QED) is 0.842. The van der Waals surface area contributed by atoms with Gasteiger partial charge < -0.3 is 5.32 Å². The molecular weight excluding hydrogens is 223 g/mol. The van der Waals surface area contributed by atoms with Crippen LogP contribution < -0.4 is 5.32 Å². The minimum absolute atomic E-state index is 0.00829. The summed E-state index contributed by atoms with van der Waals surface area (Å²) in [6.45, 7) is 3.83. The van der Waals surface area contributed by atoms with E-state index >= 15 is 0 Å². The first-order chi connectivity index (χ1) is 6.88. The zero-order valence-electron chi connectivity index (χ0n) is 8.69. The van der Waals surface area contributed by atoms with Crippen molar-refractivity contribution in [2.24, 2.45) is 0 Å². The maximum Gasteiger partial charge on any atom is 0.390 e. The van der Waals surface area contributed by atoms with E-state index in [0.717, 1.165) is 4.88 Å². The number of hydrogen-bond acceptors (Lipinski definition) is 2. The molecule has 0 saturated carbocycles. The van der Waals surface area contributed by atoms with Gasteiger partial charge in [-0.3, -0.25) is 0 Å². The van der Waals surface area contributed by atoms with Gasteiger partial charge in [-0.05, 0) is 26.0 Å². The van der Waals surface area contributed by atoms with Gasteiger partial charge in [0.2, 0.25) is 0 Å². The zero-order chi connectivity index (χ0) is 11.5. The second-order valence-electron chi connectivity index (χ2n) is 3.49. The van der Waals surface area contributed by atoms with Gasteiger partial charge in [-0.25, -0.2) is 0 Å². The normalized spacial score (nSPS) is 14.2. The summed E-state index contributed by atoms with van der Waals surface area (Å²) < 4.78 is 35.6. The molecule has 1 atom stereocenters. The second-order valence-corrected chi connectivity index (χ2v) is 4.81. The molecule has 0 radical (unpaired) electrons. The Hall–Kier alpha value is -0.550. The molecule has 1 aromatic heterocycles. The minimum Gasteiger partial charge on any atom is -0.309 e. The SMILES string of the molecule is Cc1ccc(C(C)NCCC(F)(F)F)s1. The van der Waals surface area contributed by atoms with Crippen LogP contribution in [-0.4, -0.2) is 12.7 Å². The van der Waals surface area contributed by atoms with Crippen LogP contribution in [0.2, 0.25) is 0 Å². The molecule has 1 unspecified atom stereocenters. The molecular formula is C10H14F3NS. The summed E-state index contributed by atoms with van der Waals surface area (Å²) in [5.74, 6) is 0. The van der Waals surface area contributed by atoms with Crippen molar-refractivity contribution >= 4 is 11.3 Å². The molecule has 0 bridgehead atoms. The number of rotatable bonds is 4. The maximum absolute atomic E-state index is 11.9. The van der Waals surface area contributed by atoms with E-state index in [2.05, 4.69) is 5.32 Å². The lowest BCUT2D eigenvalue weighted by atomic mass is 10.2. The molecule has 15 heavy (non-hydrogen) atoms. The predicted molar refractivity (Wildman–Crippen MR) is 56.1 cm³/mol. The van der Waals surface area contributed by atoms with Crippen molar-refractivity contribution < 1.29 is 13.2 Å². The molecule has 0 aliphatic rings. The molecule has 1 nitrogen and oxygen atoms in total. The molecule has 1 rings (SSSR count). The summed E-state index contributed by atoms with van der Waals surface area (Å²) in [4.78, 5) is 2.25. The third kappa shape index (κ3) is 4.66. The van der Waals surface area contributed by atoms with Gasteiger partial charge in [0.15, 0.2) is 0 Å². The summed E-state index contributed by atoms with van der Waals surface area (Å²) in [6, 6.07) is 3.92. The molecule has 1 heterocycles. The Kier molecular flexibility index (Phi) is 4.16. The molecule has 0 aliphatic heterocycles. The minimum atomic E-state index is -4.07. The number of thiophene rings is 1. The largest absolute Gasteiger partial charge is 0.390 e. The van der Waals surface area contributed by atoms with Crippen molar-refractivity contribution in [3.8, 4) is 0 Å². The fourth-order valence-electron chi connectivity index (χ4n) is 1.22. The molecule has 1 N–H and O–H groups in total. The average molecular weight is 237 g/mol. The highest BCUT2D eigenvalue weighted by Crippen LogP contribution is 2.23. The summed E-state index contributed by atoms with van der Waals surface area (Å²) in [5.41, 5.74) is 0. The van der Waals surface area contributed by atoms with Crippen molar-refractivity contribution in [1.29, 1.82) is 0 Å². The van der Waals surface area contributed by atoms with E-state index in [4.69, 9.17) is 0 Å². The van der Waals surface area contributed by atoms with Gasteiger partial charge in [-0.15, -0.1) is 11.3 Å². The lowest BCUT2D eigenvalue weighted by Crippen LogP contribution is -2.23. The van der Waals surface area contributed by atoms with E-state index in [1.54, 1.807) is 11.3 Å². The average Bonchev–Trinajstić information content (AvgIpc) is 2.49. The summed E-state index contributed by atoms with van der Waals surface area (Å²) in [7, 11) is 0. The van der Waals surface area contributed by atoms with Crippen LogP contribution in [0.4, 0.5) is 13.2 Å². The van der Waals surface area contributed by atoms with E-state index in [9.17, 15) is 13.2 Å². The second kappa shape index (κ2) is 4.99. The van der Waals surface area contributed by atoms with Crippen molar-refractivity contribution in [3.63, 3.8) is 0 Å². The first kappa shape index (κ1) is 12.5. The predicted octanol–water partition coefficient (Wildman–Crippen LogP) is 3.66. The highest BCUT2D eigenvalue weighted by atomic mass is 32.1. The van der Waals surface area contributed by atoms with E-state index in [-0.39, 0.29) is 12.6 Å². The Labute approximate surface area is 91.3 Å². The van der Waals surface area contributed by atoms with Gasteiger partial charge in [0.25, 0.3) is 0 Å². The molecule has 5 heteroatoms. The molecule has 86 valence electrons. The monoisotopic (exact) mass is 237 g/mol. The zero-order valence-corrected chi connectivity index (χ0v) is 9.50. The first-order valence-corrected chi connectivity index (χ1v) is 5.56. The third-order valence-corrected chi connectivity index (χ3v) is 3.23. The van der Waals surface area contributed by atoms with Crippen LogP contribution in [0.5, 0.6) is 0 Å². The van der Waals surface area contributed by atoms with Crippen molar-refractivity contribution in [3.05, 3.63) is 21.9 Å². The molecule has 1 aromatic rings. The van der Waals surface area contributed by atoms with Gasteiger partial charge in [-0.2, -0.15) is 13.2 Å². The van der Waals surface area contributed by atoms with Crippen LogP contribution in [0, 0.1) is 6.92 Å². The van der Waals surface area contributed by atoms with Gasteiger partial charge in [0.05, 0.1) is 6.42 Å². The van der Waals surface area contributed by atoms with Gasteiger partial charge in [0, 0.05) is 22.3 Å². The summed E-state index contributed by atoms with van der Waals surface area (Å²) >= 11 is 1.61. The number of hydrogen-bond donors (Lipinski definition) is 1. The molecule has 0 aliphatic carbocycles. The fourth-order valence-corrected chi connectivity index (χ4v) is 2.12. The van der Waals surface area contributed by atoms with E-state index in [1.165, 1.54) is 4.88 Å². The number of alkyl halides is 3. The van der Waals surface area contributed by atoms with Crippen LogP contribution in [0.3, 0.4) is 0 Å². The van der Waals surface area contributed by atoms with Crippen LogP contribution >= 0.6 is 11.3 Å². The molecule has 0 amide bonds. The van der Waals surface area contributed by atoms with Crippen molar-refractivity contribution in [2.75, 3.05) is 6.54 Å². The lowest BCUT2D eigenvalue weighted by molar-refractivity contribution is -0.133. The Morgan fingerprint density at radius 2 is 2.07 bits per heavy atom. The van der Waals surface area contributed by atoms with Crippen molar-refractivity contribution in [2.45, 2.75) is 32.5 Å². The Bertz CT molecular complexity index is 306. The van der Waals surface area contributed by atoms with E-state index in [1.807, 2.05) is 26.0 Å². The van der Waals surface area contributed by atoms with E-state index < -0.39 is 12.6 Å². The van der Waals surface area contributed by atoms with E-state index in [0.29, 0.717) is 0 Å². The summed E-state index contributed by atoms with van der Waals surface area (Å²) in [6.07, 6.45) is -4.85. The van der Waals surface area contributed by atoms with Gasteiger partial charge >= 0.3 is 6.18 Å². The molecule has 0 fully saturated rings. The molecule has 0 saturated heterocycles. The number of aryl methyl sites for hydroxylation is 1. The molecule has 0 spiro atoms. The van der Waals surface area contributed by atoms with Crippen molar-refractivity contribution in [1.82, 2.24) is 5.32 Å². The Morgan fingerprint density at radius 3 is 2.53 bits per heavy atom. The number of nitrogens with one attached hydrogen (secondary N) is 1. The topological polar surface area (TPSA) is 12.0 Å². The standard InChI is InChI=1S/C10H14F3NS/c1-7-3-4-9(15-7)8(2)14-6-5-10(11,12)13/h3-4,8,14H,5-6H2,1-2H3. The van der Waals surface area contributed by atoms with Crippen LogP contribution in [0.15, 0.2) is 12.1 Å². The maximum atomic E-state index is 11.9.